The Bertz CT molecular complexity index is 1230. The lowest BCUT2D eigenvalue weighted by molar-refractivity contribution is -0.553. The quantitative estimate of drug-likeness (QED) is 0.698. The van der Waals surface area contributed by atoms with Crippen molar-refractivity contribution in [3.63, 3.8) is 0 Å². The van der Waals surface area contributed by atoms with Gasteiger partial charge in [0, 0.05) is 18.2 Å². The Hall–Kier alpha value is -3.89. The molecule has 166 valence electrons. The lowest BCUT2D eigenvalue weighted by Crippen LogP contribution is -2.63. The molecule has 11 heteroatoms. The van der Waals surface area contributed by atoms with Gasteiger partial charge in [-0.3, -0.25) is 19.4 Å². The summed E-state index contributed by atoms with van der Waals surface area (Å²) in [7, 11) is 1.46. The number of aliphatic imine (C=N–C) groups is 1. The van der Waals surface area contributed by atoms with E-state index in [1.807, 2.05) is 20.8 Å². The number of imide groups is 1. The molecule has 2 aliphatic heterocycles. The molecule has 0 radical (unpaired) electrons. The maximum Gasteiger partial charge on any atom is 0.421 e. The van der Waals surface area contributed by atoms with E-state index in [1.54, 1.807) is 27.5 Å². The Kier molecular flexibility index (Phi) is 5.11. The molecule has 4 amide bonds. The number of nitrogens with zero attached hydrogens (tertiary/aromatic N) is 6. The molecule has 0 spiro atoms. The molecule has 1 unspecified atom stereocenters. The molecule has 3 heterocycles. The molecular formula is C21H23FN7O3+. The molecule has 2 N–H and O–H groups in total. The van der Waals surface area contributed by atoms with E-state index in [4.69, 9.17) is 5.73 Å². The summed E-state index contributed by atoms with van der Waals surface area (Å²) < 4.78 is 17.7. The van der Waals surface area contributed by atoms with Gasteiger partial charge in [0.25, 0.3) is 5.91 Å². The Morgan fingerprint density at radius 2 is 1.91 bits per heavy atom. The van der Waals surface area contributed by atoms with Crippen LogP contribution in [0, 0.1) is 26.6 Å². The molecule has 0 saturated carbocycles. The zero-order valence-electron chi connectivity index (χ0n) is 18.2. The van der Waals surface area contributed by atoms with Crippen molar-refractivity contribution in [2.75, 3.05) is 13.6 Å². The summed E-state index contributed by atoms with van der Waals surface area (Å²) in [5, 5.41) is 4.54. The monoisotopic (exact) mass is 440 g/mol. The van der Waals surface area contributed by atoms with Crippen LogP contribution in [0.3, 0.4) is 0 Å². The van der Waals surface area contributed by atoms with Crippen molar-refractivity contribution in [3.05, 3.63) is 52.6 Å². The molecule has 10 nitrogen and oxygen atoms in total. The van der Waals surface area contributed by atoms with Crippen LogP contribution < -0.4 is 5.73 Å². The number of hydrogen-bond acceptors (Lipinski definition) is 5. The zero-order chi connectivity index (χ0) is 23.3. The number of carbonyl (C=O) groups is 3. The molecule has 1 saturated heterocycles. The van der Waals surface area contributed by atoms with Gasteiger partial charge in [-0.25, -0.2) is 13.8 Å². The van der Waals surface area contributed by atoms with E-state index in [2.05, 4.69) is 10.1 Å². The average Bonchev–Trinajstić information content (AvgIpc) is 3.24. The van der Waals surface area contributed by atoms with E-state index in [0.717, 1.165) is 21.9 Å². The molecule has 4 rings (SSSR count). The smallest absolute Gasteiger partial charge is 0.368 e. The third kappa shape index (κ3) is 3.26. The van der Waals surface area contributed by atoms with E-state index in [-0.39, 0.29) is 18.3 Å². The first-order valence-corrected chi connectivity index (χ1v) is 9.98. The van der Waals surface area contributed by atoms with Crippen molar-refractivity contribution in [2.24, 2.45) is 10.7 Å². The van der Waals surface area contributed by atoms with Gasteiger partial charge in [0.2, 0.25) is 17.8 Å². The second kappa shape index (κ2) is 7.66. The molecule has 32 heavy (non-hydrogen) atoms. The summed E-state index contributed by atoms with van der Waals surface area (Å²) in [4.78, 5) is 44.1. The normalized spacial score (nSPS) is 18.4. The first-order valence-electron chi connectivity index (χ1n) is 9.98. The van der Waals surface area contributed by atoms with Gasteiger partial charge in [0.05, 0.1) is 12.2 Å². The third-order valence-corrected chi connectivity index (χ3v) is 5.84. The van der Waals surface area contributed by atoms with Gasteiger partial charge >= 0.3 is 12.0 Å². The number of aryl methyl sites for hydroxylation is 1. The highest BCUT2D eigenvalue weighted by molar-refractivity contribution is 6.23. The van der Waals surface area contributed by atoms with Gasteiger partial charge in [-0.15, -0.1) is 9.78 Å². The van der Waals surface area contributed by atoms with Crippen LogP contribution in [-0.4, -0.2) is 73.4 Å². The molecule has 2 aliphatic rings. The minimum Gasteiger partial charge on any atom is -0.368 e. The van der Waals surface area contributed by atoms with Crippen LogP contribution in [0.2, 0.25) is 0 Å². The molecule has 1 fully saturated rings. The van der Waals surface area contributed by atoms with Crippen LogP contribution in [0.15, 0.2) is 29.3 Å². The lowest BCUT2D eigenvalue weighted by atomic mass is 10.1. The number of likely N-dealkylation sites (N-methyl/N-ethyl adjacent to an activating group) is 1. The fourth-order valence-electron chi connectivity index (χ4n) is 3.86. The van der Waals surface area contributed by atoms with Gasteiger partial charge in [0.1, 0.15) is 18.1 Å². The Labute approximate surface area is 183 Å². The van der Waals surface area contributed by atoms with Crippen LogP contribution in [0.1, 0.15) is 22.5 Å². The Morgan fingerprint density at radius 3 is 2.50 bits per heavy atom. The van der Waals surface area contributed by atoms with Crippen molar-refractivity contribution < 1.29 is 23.3 Å². The van der Waals surface area contributed by atoms with Crippen LogP contribution in [0.4, 0.5) is 9.18 Å². The number of benzene rings is 1. The fraction of sp³-hybridized carbons (Fsp3) is 0.333. The van der Waals surface area contributed by atoms with Crippen molar-refractivity contribution in [3.8, 4) is 0 Å². The molecule has 2 aromatic rings. The second-order valence-electron chi connectivity index (χ2n) is 7.83. The number of carbonyl (C=O) groups excluding carboxylic acids is 3. The molecule has 1 aromatic heterocycles. The largest absolute Gasteiger partial charge is 0.421 e. The van der Waals surface area contributed by atoms with Crippen molar-refractivity contribution in [2.45, 2.75) is 33.4 Å². The number of halogens is 1. The van der Waals surface area contributed by atoms with Crippen molar-refractivity contribution in [1.29, 1.82) is 0 Å². The zero-order valence-corrected chi connectivity index (χ0v) is 18.2. The van der Waals surface area contributed by atoms with E-state index >= 15 is 0 Å². The van der Waals surface area contributed by atoms with Crippen molar-refractivity contribution >= 4 is 29.6 Å². The number of amides is 4. The number of fused-ring (bicyclic) bond motifs is 1. The number of aromatic nitrogens is 2. The standard InChI is InChI=1S/C21H22FN7O3/c1-11-12(2)25-29(13(11)3)20-24-18-17(27(20)9-14-7-5-6-8-15(14)22)19(31)28(10-16(23)30)21(32)26(18)4/h5-8,17H,9-10H2,1-4H3,(H-,23,30)/p+1. The van der Waals surface area contributed by atoms with E-state index < -0.39 is 36.2 Å². The van der Waals surface area contributed by atoms with Gasteiger partial charge in [-0.2, -0.15) is 0 Å². The van der Waals surface area contributed by atoms with Crippen molar-refractivity contribution in [1.82, 2.24) is 19.6 Å². The van der Waals surface area contributed by atoms with Gasteiger partial charge in [-0.05, 0) is 26.8 Å². The number of nitrogens with two attached hydrogens (primary N) is 1. The fourth-order valence-corrected chi connectivity index (χ4v) is 3.86. The second-order valence-corrected chi connectivity index (χ2v) is 7.83. The minimum atomic E-state index is -1.05. The summed E-state index contributed by atoms with van der Waals surface area (Å²) in [6.07, 6.45) is 0. The van der Waals surface area contributed by atoms with Gasteiger partial charge < -0.3 is 5.73 Å². The summed E-state index contributed by atoms with van der Waals surface area (Å²) in [5.74, 6) is -1.45. The Morgan fingerprint density at radius 1 is 1.22 bits per heavy atom. The minimum absolute atomic E-state index is 0.00471. The number of rotatable bonds is 4. The lowest BCUT2D eigenvalue weighted by Gasteiger charge is -2.33. The van der Waals surface area contributed by atoms with Gasteiger partial charge in [0.15, 0.2) is 0 Å². The third-order valence-electron chi connectivity index (χ3n) is 5.84. The molecular weight excluding hydrogens is 417 g/mol. The van der Waals surface area contributed by atoms with Crippen LogP contribution in [0.5, 0.6) is 0 Å². The highest BCUT2D eigenvalue weighted by Gasteiger charge is 2.53. The van der Waals surface area contributed by atoms with E-state index in [0.29, 0.717) is 5.56 Å². The first kappa shape index (κ1) is 21.3. The number of hydrogen-bond donors (Lipinski definition) is 1. The maximum absolute atomic E-state index is 14.5. The molecule has 0 bridgehead atoms. The van der Waals surface area contributed by atoms with E-state index in [1.165, 1.54) is 18.0 Å². The average molecular weight is 440 g/mol. The van der Waals surface area contributed by atoms with Crippen LogP contribution >= 0.6 is 0 Å². The predicted molar refractivity (Wildman–Crippen MR) is 112 cm³/mol. The number of primary amides is 1. The highest BCUT2D eigenvalue weighted by Crippen LogP contribution is 2.24. The SMILES string of the molecule is Cc1nn(C2=[N+](Cc3ccccc3F)C3C(=O)N(CC(N)=O)C(=O)N(C)C3=N2)c(C)c1C. The summed E-state index contributed by atoms with van der Waals surface area (Å²) in [6, 6.07) is 4.46. The molecule has 1 aromatic carbocycles. The molecule has 0 aliphatic carbocycles. The number of urea groups is 1. The Balaban J connectivity index is 1.90. The van der Waals surface area contributed by atoms with Crippen LogP contribution in [-0.2, 0) is 16.1 Å². The van der Waals surface area contributed by atoms with Crippen LogP contribution in [0.25, 0.3) is 0 Å². The van der Waals surface area contributed by atoms with E-state index in [9.17, 15) is 18.8 Å². The topological polar surface area (TPSA) is 117 Å². The first-order chi connectivity index (χ1) is 15.1. The maximum atomic E-state index is 14.5. The summed E-state index contributed by atoms with van der Waals surface area (Å²) in [5.41, 5.74) is 8.12. The summed E-state index contributed by atoms with van der Waals surface area (Å²) in [6.45, 7) is 5.07. The molecule has 1 atom stereocenters. The summed E-state index contributed by atoms with van der Waals surface area (Å²) >= 11 is 0. The highest BCUT2D eigenvalue weighted by atomic mass is 19.1. The van der Waals surface area contributed by atoms with Gasteiger partial charge in [-0.1, -0.05) is 23.2 Å². The number of amidine groups is 1. The predicted octanol–water partition coefficient (Wildman–Crippen LogP) is 0.524.